The lowest BCUT2D eigenvalue weighted by Gasteiger charge is -2.31. The van der Waals surface area contributed by atoms with Crippen molar-refractivity contribution in [3.63, 3.8) is 0 Å². The van der Waals surface area contributed by atoms with Crippen LogP contribution in [0.3, 0.4) is 0 Å². The van der Waals surface area contributed by atoms with Gasteiger partial charge in [-0.3, -0.25) is 13.9 Å². The van der Waals surface area contributed by atoms with Gasteiger partial charge in [-0.25, -0.2) is 4.79 Å². The van der Waals surface area contributed by atoms with E-state index in [1.54, 1.807) is 9.13 Å². The number of carbonyl (C=O) groups excluding carboxylic acids is 1. The average molecular weight is 367 g/mol. The molecule has 0 radical (unpaired) electrons. The summed E-state index contributed by atoms with van der Waals surface area (Å²) in [6.07, 6.45) is 4.34. The molecule has 138 valence electrons. The molecule has 0 saturated heterocycles. The van der Waals surface area contributed by atoms with Gasteiger partial charge in [0, 0.05) is 12.6 Å². The van der Waals surface area contributed by atoms with Gasteiger partial charge >= 0.3 is 5.69 Å². The normalized spacial score (nSPS) is 20.2. The molecule has 0 spiro atoms. The van der Waals surface area contributed by atoms with Crippen LogP contribution in [0.2, 0.25) is 0 Å². The van der Waals surface area contributed by atoms with E-state index in [0.29, 0.717) is 19.0 Å². The number of amides is 1. The molecule has 0 aliphatic heterocycles. The number of benzene rings is 1. The van der Waals surface area contributed by atoms with E-state index in [0.717, 1.165) is 30.3 Å². The molecule has 3 rings (SSSR count). The smallest absolute Gasteiger partial charge is 0.329 e. The van der Waals surface area contributed by atoms with E-state index < -0.39 is 0 Å². The first-order chi connectivity index (χ1) is 11.7. The van der Waals surface area contributed by atoms with Crippen LogP contribution in [0, 0.1) is 5.92 Å². The van der Waals surface area contributed by atoms with Gasteiger partial charge in [-0.1, -0.05) is 25.0 Å². The van der Waals surface area contributed by atoms with Crippen LogP contribution in [0.4, 0.5) is 0 Å². The van der Waals surface area contributed by atoms with Gasteiger partial charge in [0.1, 0.15) is 6.54 Å². The molecule has 2 atom stereocenters. The maximum atomic E-state index is 12.6. The maximum absolute atomic E-state index is 12.6. The molecular weight excluding hydrogens is 340 g/mol. The molecule has 1 heterocycles. The van der Waals surface area contributed by atoms with E-state index in [2.05, 4.69) is 5.32 Å². The summed E-state index contributed by atoms with van der Waals surface area (Å²) in [6.45, 7) is 3.18. The number of nitrogens with one attached hydrogen (secondary N) is 1. The van der Waals surface area contributed by atoms with E-state index in [1.165, 1.54) is 6.42 Å². The number of aromatic nitrogens is 2. The van der Waals surface area contributed by atoms with Crippen LogP contribution in [0.1, 0.15) is 32.6 Å². The fraction of sp³-hybridized carbons (Fsp3) is 0.556. The number of aryl methyl sites for hydroxylation is 1. The molecule has 2 unspecified atom stereocenters. The molecule has 2 aromatic rings. The van der Waals surface area contributed by atoms with Gasteiger partial charge in [0.15, 0.2) is 0 Å². The lowest BCUT2D eigenvalue weighted by molar-refractivity contribution is -0.122. The number of nitrogens with zero attached hydrogens (tertiary/aromatic N) is 2. The first-order valence-corrected chi connectivity index (χ1v) is 8.83. The number of para-hydroxylation sites is 2. The highest BCUT2D eigenvalue weighted by Gasteiger charge is 2.25. The number of carbonyl (C=O) groups is 1. The Kier molecular flexibility index (Phi) is 6.67. The summed E-state index contributed by atoms with van der Waals surface area (Å²) in [5.74, 6) is 0.234. The van der Waals surface area contributed by atoms with E-state index in [-0.39, 0.29) is 36.6 Å². The van der Waals surface area contributed by atoms with E-state index in [1.807, 2.05) is 31.2 Å². The molecule has 1 amide bonds. The summed E-state index contributed by atoms with van der Waals surface area (Å²) in [5, 5.41) is 3.10. The van der Waals surface area contributed by atoms with Gasteiger partial charge in [-0.15, -0.1) is 12.4 Å². The van der Waals surface area contributed by atoms with Gasteiger partial charge in [0.05, 0.1) is 11.0 Å². The molecule has 1 aliphatic rings. The minimum Gasteiger partial charge on any atom is -0.351 e. The van der Waals surface area contributed by atoms with Crippen molar-refractivity contribution in [3.05, 3.63) is 34.7 Å². The van der Waals surface area contributed by atoms with Crippen LogP contribution in [0.15, 0.2) is 29.1 Å². The first kappa shape index (κ1) is 19.5. The highest BCUT2D eigenvalue weighted by Crippen LogP contribution is 2.23. The molecule has 3 N–H and O–H groups in total. The largest absolute Gasteiger partial charge is 0.351 e. The molecule has 7 heteroatoms. The Morgan fingerprint density at radius 3 is 2.48 bits per heavy atom. The van der Waals surface area contributed by atoms with E-state index in [9.17, 15) is 9.59 Å². The van der Waals surface area contributed by atoms with Crippen molar-refractivity contribution in [2.24, 2.45) is 11.7 Å². The predicted octanol–water partition coefficient (Wildman–Crippen LogP) is 1.88. The number of hydrogen-bond donors (Lipinski definition) is 2. The second kappa shape index (κ2) is 8.54. The summed E-state index contributed by atoms with van der Waals surface area (Å²) in [5.41, 5.74) is 7.38. The minimum atomic E-state index is -0.132. The number of imidazole rings is 1. The highest BCUT2D eigenvalue weighted by molar-refractivity contribution is 5.85. The molecule has 1 saturated carbocycles. The quantitative estimate of drug-likeness (QED) is 0.847. The Labute approximate surface area is 153 Å². The van der Waals surface area contributed by atoms with Crippen molar-refractivity contribution in [1.29, 1.82) is 0 Å². The van der Waals surface area contributed by atoms with Crippen molar-refractivity contribution in [2.75, 3.05) is 6.54 Å². The fourth-order valence-corrected chi connectivity index (χ4v) is 3.81. The molecular formula is C18H27ClN4O2. The van der Waals surface area contributed by atoms with E-state index in [4.69, 9.17) is 5.73 Å². The van der Waals surface area contributed by atoms with Crippen LogP contribution in [0.25, 0.3) is 11.0 Å². The van der Waals surface area contributed by atoms with Gasteiger partial charge < -0.3 is 11.1 Å². The summed E-state index contributed by atoms with van der Waals surface area (Å²) in [6, 6.07) is 7.74. The summed E-state index contributed by atoms with van der Waals surface area (Å²) >= 11 is 0. The van der Waals surface area contributed by atoms with Crippen molar-refractivity contribution < 1.29 is 4.79 Å². The van der Waals surface area contributed by atoms with Crippen LogP contribution < -0.4 is 16.7 Å². The second-order valence-corrected chi connectivity index (χ2v) is 6.56. The van der Waals surface area contributed by atoms with Crippen molar-refractivity contribution in [1.82, 2.24) is 14.5 Å². The SMILES string of the molecule is CCn1c(=O)n(CC(=O)NC2CCCCC2CN)c2ccccc21.Cl. The van der Waals surface area contributed by atoms with Gasteiger partial charge in [-0.05, 0) is 44.4 Å². The molecule has 1 aromatic heterocycles. The second-order valence-electron chi connectivity index (χ2n) is 6.56. The third kappa shape index (κ3) is 3.90. The first-order valence-electron chi connectivity index (χ1n) is 8.83. The van der Waals surface area contributed by atoms with Crippen LogP contribution in [0.5, 0.6) is 0 Å². The maximum Gasteiger partial charge on any atom is 0.329 e. The van der Waals surface area contributed by atoms with Gasteiger partial charge in [-0.2, -0.15) is 0 Å². The third-order valence-electron chi connectivity index (χ3n) is 5.10. The number of fused-ring (bicyclic) bond motifs is 1. The zero-order valence-corrected chi connectivity index (χ0v) is 15.4. The summed E-state index contributed by atoms with van der Waals surface area (Å²) in [7, 11) is 0. The van der Waals surface area contributed by atoms with Gasteiger partial charge in [0.2, 0.25) is 5.91 Å². The van der Waals surface area contributed by atoms with Crippen LogP contribution in [-0.4, -0.2) is 27.6 Å². The fourth-order valence-electron chi connectivity index (χ4n) is 3.81. The Bertz CT molecular complexity index is 783. The van der Waals surface area contributed by atoms with Crippen LogP contribution >= 0.6 is 12.4 Å². The molecule has 1 aliphatic carbocycles. The van der Waals surface area contributed by atoms with E-state index >= 15 is 0 Å². The van der Waals surface area contributed by atoms with Crippen LogP contribution in [-0.2, 0) is 17.9 Å². The molecule has 0 bridgehead atoms. The minimum absolute atomic E-state index is 0. The van der Waals surface area contributed by atoms with Gasteiger partial charge in [0.25, 0.3) is 0 Å². The molecule has 25 heavy (non-hydrogen) atoms. The molecule has 6 nitrogen and oxygen atoms in total. The lowest BCUT2D eigenvalue weighted by Crippen LogP contribution is -2.46. The van der Waals surface area contributed by atoms with Crippen molar-refractivity contribution in [2.45, 2.75) is 51.7 Å². The summed E-state index contributed by atoms with van der Waals surface area (Å²) < 4.78 is 3.26. The Morgan fingerprint density at radius 2 is 1.84 bits per heavy atom. The Morgan fingerprint density at radius 1 is 1.20 bits per heavy atom. The zero-order chi connectivity index (χ0) is 17.1. The standard InChI is InChI=1S/C18H26N4O2.ClH/c1-2-21-15-9-5-6-10-16(15)22(18(21)24)12-17(23)20-14-8-4-3-7-13(14)11-19;/h5-6,9-10,13-14H,2-4,7-8,11-12,19H2,1H3,(H,20,23);1H. The number of halogens is 1. The highest BCUT2D eigenvalue weighted by atomic mass is 35.5. The number of hydrogen-bond acceptors (Lipinski definition) is 3. The molecule has 1 aromatic carbocycles. The Hall–Kier alpha value is -1.79. The zero-order valence-electron chi connectivity index (χ0n) is 14.6. The topological polar surface area (TPSA) is 82.0 Å². The Balaban J connectivity index is 0.00000225. The third-order valence-corrected chi connectivity index (χ3v) is 5.10. The monoisotopic (exact) mass is 366 g/mol. The van der Waals surface area contributed by atoms with Crippen molar-refractivity contribution >= 4 is 29.3 Å². The van der Waals surface area contributed by atoms with Crippen molar-refractivity contribution in [3.8, 4) is 0 Å². The average Bonchev–Trinajstić information content (AvgIpc) is 2.87. The summed E-state index contributed by atoms with van der Waals surface area (Å²) in [4.78, 5) is 25.1. The number of nitrogens with two attached hydrogens (primary N) is 1. The predicted molar refractivity (Wildman–Crippen MR) is 102 cm³/mol. The molecule has 1 fully saturated rings. The lowest BCUT2D eigenvalue weighted by atomic mass is 9.84. The number of rotatable bonds is 5.